The van der Waals surface area contributed by atoms with Crippen LogP contribution >= 0.6 is 23.2 Å². The van der Waals surface area contributed by atoms with Crippen LogP contribution in [0.4, 0.5) is 0 Å². The Labute approximate surface area is 248 Å². The number of hydrogen-bond acceptors (Lipinski definition) is 6. The van der Waals surface area contributed by atoms with Crippen LogP contribution in [0.5, 0.6) is 5.75 Å². The minimum atomic E-state index is -4.07. The smallest absolute Gasteiger partial charge is 0.245 e. The normalized spacial score (nSPS) is 17.7. The van der Waals surface area contributed by atoms with E-state index in [9.17, 15) is 13.2 Å². The van der Waals surface area contributed by atoms with Crippen molar-refractivity contribution in [2.24, 2.45) is 5.92 Å². The number of nitrogens with zero attached hydrogens (tertiary/aromatic N) is 4. The molecule has 1 saturated carbocycles. The number of carbonyl (C=O) groups excluding carboxylic acids is 1. The number of ether oxygens (including phenoxy) is 1. The lowest BCUT2D eigenvalue weighted by Crippen LogP contribution is -2.46. The van der Waals surface area contributed by atoms with Gasteiger partial charge in [-0.15, -0.1) is 0 Å². The number of sulfonamides is 1. The monoisotopic (exact) mass is 613 g/mol. The van der Waals surface area contributed by atoms with Gasteiger partial charge in [0.15, 0.2) is 0 Å². The molecule has 0 radical (unpaired) electrons. The second kappa shape index (κ2) is 11.2. The van der Waals surface area contributed by atoms with Crippen molar-refractivity contribution in [1.82, 2.24) is 24.2 Å². The number of fused-ring (bicyclic) bond motifs is 1. The Hall–Kier alpha value is -3.18. The lowest BCUT2D eigenvalue weighted by Gasteiger charge is -2.24. The van der Waals surface area contributed by atoms with Crippen LogP contribution < -0.4 is 10.1 Å². The number of benzene rings is 2. The Morgan fingerprint density at radius 1 is 1.17 bits per heavy atom. The molecule has 1 aliphatic heterocycles. The average molecular weight is 615 g/mol. The third kappa shape index (κ3) is 5.53. The van der Waals surface area contributed by atoms with Crippen molar-refractivity contribution in [3.05, 3.63) is 76.4 Å². The van der Waals surface area contributed by atoms with Crippen molar-refractivity contribution in [3.63, 3.8) is 0 Å². The van der Waals surface area contributed by atoms with Crippen LogP contribution in [0.15, 0.2) is 60.0 Å². The van der Waals surface area contributed by atoms with Crippen molar-refractivity contribution in [2.45, 2.75) is 50.2 Å². The first-order valence-electron chi connectivity index (χ1n) is 13.5. The van der Waals surface area contributed by atoms with Gasteiger partial charge in [-0.3, -0.25) is 4.79 Å². The molecule has 2 fully saturated rings. The van der Waals surface area contributed by atoms with Crippen LogP contribution in [0.1, 0.15) is 36.9 Å². The lowest BCUT2D eigenvalue weighted by atomic mass is 10.1. The van der Waals surface area contributed by atoms with E-state index in [-0.39, 0.29) is 34.0 Å². The molecule has 2 aliphatic rings. The molecule has 1 saturated heterocycles. The molecule has 4 aromatic rings. The summed E-state index contributed by atoms with van der Waals surface area (Å²) in [6.45, 7) is 2.64. The van der Waals surface area contributed by atoms with Crippen molar-refractivity contribution >= 4 is 50.0 Å². The molecule has 0 bridgehead atoms. The second-order valence-corrected chi connectivity index (χ2v) is 13.1. The summed E-state index contributed by atoms with van der Waals surface area (Å²) >= 11 is 13.2. The molecule has 6 rings (SSSR count). The highest BCUT2D eigenvalue weighted by atomic mass is 35.5. The maximum atomic E-state index is 13.8. The van der Waals surface area contributed by atoms with Crippen LogP contribution in [0.3, 0.4) is 0 Å². The van der Waals surface area contributed by atoms with E-state index >= 15 is 0 Å². The lowest BCUT2D eigenvalue weighted by molar-refractivity contribution is -0.124. The van der Waals surface area contributed by atoms with E-state index in [2.05, 4.69) is 10.3 Å². The number of carbonyl (C=O) groups is 1. The van der Waals surface area contributed by atoms with Gasteiger partial charge in [-0.25, -0.2) is 18.4 Å². The summed E-state index contributed by atoms with van der Waals surface area (Å²) < 4.78 is 36.9. The molecule has 2 aromatic carbocycles. The van der Waals surface area contributed by atoms with Gasteiger partial charge in [0.1, 0.15) is 28.8 Å². The summed E-state index contributed by atoms with van der Waals surface area (Å²) in [4.78, 5) is 21.6. The van der Waals surface area contributed by atoms with E-state index in [1.807, 2.05) is 35.9 Å². The van der Waals surface area contributed by atoms with Crippen LogP contribution in [-0.2, 0) is 21.4 Å². The highest BCUT2D eigenvalue weighted by molar-refractivity contribution is 7.89. The summed E-state index contributed by atoms with van der Waals surface area (Å²) in [5.41, 5.74) is 2.68. The molecule has 1 unspecified atom stereocenters. The topological polar surface area (TPSA) is 106 Å². The van der Waals surface area contributed by atoms with Crippen LogP contribution in [0.25, 0.3) is 16.6 Å². The van der Waals surface area contributed by atoms with Crippen LogP contribution in [-0.4, -0.2) is 52.3 Å². The maximum absolute atomic E-state index is 13.8. The third-order valence-electron chi connectivity index (χ3n) is 7.57. The molecule has 214 valence electrons. The van der Waals surface area contributed by atoms with Gasteiger partial charge < -0.3 is 14.6 Å². The van der Waals surface area contributed by atoms with Gasteiger partial charge in [0.05, 0.1) is 17.0 Å². The summed E-state index contributed by atoms with van der Waals surface area (Å²) in [5, 5.41) is 4.03. The summed E-state index contributed by atoms with van der Waals surface area (Å²) in [7, 11) is -4.07. The van der Waals surface area contributed by atoms with Gasteiger partial charge in [0.2, 0.25) is 15.9 Å². The molecule has 41 heavy (non-hydrogen) atoms. The highest BCUT2D eigenvalue weighted by Gasteiger charge is 2.41. The van der Waals surface area contributed by atoms with Gasteiger partial charge in [-0.05, 0) is 62.8 Å². The molecule has 2 aromatic heterocycles. The largest absolute Gasteiger partial charge is 0.487 e. The average Bonchev–Trinajstić information content (AvgIpc) is 3.38. The molecular weight excluding hydrogens is 585 g/mol. The first-order chi connectivity index (χ1) is 19.7. The summed E-state index contributed by atoms with van der Waals surface area (Å²) in [6, 6.07) is 9.70. The van der Waals surface area contributed by atoms with Crippen molar-refractivity contribution in [2.75, 3.05) is 13.1 Å². The van der Waals surface area contributed by atoms with E-state index < -0.39 is 16.1 Å². The van der Waals surface area contributed by atoms with Crippen molar-refractivity contribution in [1.29, 1.82) is 0 Å². The predicted molar refractivity (Wildman–Crippen MR) is 157 cm³/mol. The molecule has 1 aliphatic carbocycles. The number of rotatable bonds is 9. The predicted octanol–water partition coefficient (Wildman–Crippen LogP) is 5.29. The Kier molecular flexibility index (Phi) is 7.67. The zero-order valence-electron chi connectivity index (χ0n) is 22.4. The molecule has 1 atom stereocenters. The van der Waals surface area contributed by atoms with E-state index in [1.165, 1.54) is 16.4 Å². The highest BCUT2D eigenvalue weighted by Crippen LogP contribution is 2.37. The van der Waals surface area contributed by atoms with Gasteiger partial charge in [0.25, 0.3) is 0 Å². The number of imidazole rings is 1. The molecule has 3 heterocycles. The summed E-state index contributed by atoms with van der Waals surface area (Å²) in [6.07, 6.45) is 8.53. The van der Waals surface area contributed by atoms with E-state index in [0.29, 0.717) is 42.1 Å². The number of aryl methyl sites for hydroxylation is 1. The molecule has 0 spiro atoms. The number of halogens is 2. The van der Waals surface area contributed by atoms with Crippen LogP contribution in [0, 0.1) is 12.8 Å². The van der Waals surface area contributed by atoms with Gasteiger partial charge in [-0.2, -0.15) is 4.31 Å². The third-order valence-corrected chi connectivity index (χ3v) is 10.4. The van der Waals surface area contributed by atoms with Crippen LogP contribution in [0.2, 0.25) is 10.0 Å². The first kappa shape index (κ1) is 28.0. The Morgan fingerprint density at radius 2 is 2.00 bits per heavy atom. The Bertz CT molecular complexity index is 1730. The zero-order valence-corrected chi connectivity index (χ0v) is 24.7. The van der Waals surface area contributed by atoms with Gasteiger partial charge in [0, 0.05) is 47.1 Å². The fraction of sp³-hybridized carbons (Fsp3) is 0.345. The van der Waals surface area contributed by atoms with Gasteiger partial charge in [-0.1, -0.05) is 35.3 Å². The zero-order chi connectivity index (χ0) is 28.7. The van der Waals surface area contributed by atoms with Crippen molar-refractivity contribution in [3.8, 4) is 11.4 Å². The first-order valence-corrected chi connectivity index (χ1v) is 15.7. The van der Waals surface area contributed by atoms with E-state index in [1.54, 1.807) is 18.6 Å². The van der Waals surface area contributed by atoms with E-state index in [0.717, 1.165) is 29.6 Å². The fourth-order valence-corrected chi connectivity index (χ4v) is 7.74. The SMILES string of the molecule is Cc1cc(-n2ccnc2)c2cccc(OCc3c(Cl)ccc(S(=O)(=O)N4CCCC4C(=O)NCC4CC4)c3Cl)c2n1. The van der Waals surface area contributed by atoms with Crippen molar-refractivity contribution < 1.29 is 17.9 Å². The number of para-hydroxylation sites is 1. The maximum Gasteiger partial charge on any atom is 0.245 e. The molecule has 1 N–H and O–H groups in total. The van der Waals surface area contributed by atoms with Gasteiger partial charge >= 0.3 is 0 Å². The number of hydrogen-bond donors (Lipinski definition) is 1. The second-order valence-electron chi connectivity index (χ2n) is 10.5. The quantitative estimate of drug-likeness (QED) is 0.275. The minimum absolute atomic E-state index is 0.0231. The molecular formula is C29H29Cl2N5O4S. The minimum Gasteiger partial charge on any atom is -0.487 e. The Balaban J connectivity index is 1.28. The fourth-order valence-electron chi connectivity index (χ4n) is 5.22. The number of aromatic nitrogens is 3. The molecule has 1 amide bonds. The van der Waals surface area contributed by atoms with E-state index in [4.69, 9.17) is 32.9 Å². The number of pyridine rings is 1. The number of amides is 1. The Morgan fingerprint density at radius 3 is 2.76 bits per heavy atom. The molecule has 12 heteroatoms. The summed E-state index contributed by atoms with van der Waals surface area (Å²) in [5.74, 6) is 0.734. The standard InChI is InChI=1S/C29H29Cl2N5O4S/c1-18-14-24(35-13-11-32-17-35)20-4-2-6-25(28(20)34-18)40-16-21-22(30)9-10-26(27(21)31)41(38,39)36-12-3-5-23(36)29(37)33-15-19-7-8-19/h2,4,6,9-11,13-14,17,19,23H,3,5,7-8,12,15-16H2,1H3,(H,33,37). The molecule has 9 nitrogen and oxygen atoms in total. The number of nitrogens with one attached hydrogen (secondary N) is 1.